The van der Waals surface area contributed by atoms with Gasteiger partial charge in [0.2, 0.25) is 0 Å². The number of aliphatic hydroxyl groups is 1. The molecule has 5 heteroatoms. The fraction of sp³-hybridized carbons (Fsp3) is 0.600. The van der Waals surface area contributed by atoms with E-state index in [0.717, 1.165) is 30.7 Å². The van der Waals surface area contributed by atoms with E-state index in [-0.39, 0.29) is 0 Å². The van der Waals surface area contributed by atoms with Crippen molar-refractivity contribution in [2.75, 3.05) is 11.5 Å². The first-order valence-electron chi connectivity index (χ1n) is 5.11. The fourth-order valence-corrected chi connectivity index (χ4v) is 2.86. The Morgan fingerprint density at radius 3 is 2.67 bits per heavy atom. The second-order valence-electron chi connectivity index (χ2n) is 3.97. The smallest absolute Gasteiger partial charge is 0.156 e. The minimum absolute atomic E-state index is 0.448. The second-order valence-corrected chi connectivity index (χ2v) is 4.93. The first-order chi connectivity index (χ1) is 7.20. The molecule has 1 fully saturated rings. The number of nitrogens with zero attached hydrogens (tertiary/aromatic N) is 2. The van der Waals surface area contributed by atoms with Gasteiger partial charge in [0, 0.05) is 18.1 Å². The predicted molar refractivity (Wildman–Crippen MR) is 60.6 cm³/mol. The van der Waals surface area contributed by atoms with Crippen LogP contribution in [0, 0.1) is 0 Å². The number of nitrogens with two attached hydrogens (primary N) is 1. The monoisotopic (exact) mass is 225 g/mol. The lowest BCUT2D eigenvalue weighted by atomic mass is 10.1. The summed E-state index contributed by atoms with van der Waals surface area (Å²) in [5, 5.41) is 10.9. The summed E-state index contributed by atoms with van der Waals surface area (Å²) < 4.78 is 0. The van der Waals surface area contributed by atoms with Crippen LogP contribution in [0.4, 0.5) is 5.82 Å². The molecular weight excluding hydrogens is 210 g/mol. The lowest BCUT2D eigenvalue weighted by Crippen LogP contribution is -2.27. The van der Waals surface area contributed by atoms with Crippen LogP contribution in [0.1, 0.15) is 25.7 Å². The van der Waals surface area contributed by atoms with E-state index in [0.29, 0.717) is 11.6 Å². The summed E-state index contributed by atoms with van der Waals surface area (Å²) in [5.74, 6) is 1.11. The third kappa shape index (κ3) is 2.60. The zero-order valence-corrected chi connectivity index (χ0v) is 9.33. The van der Waals surface area contributed by atoms with E-state index in [9.17, 15) is 5.11 Å². The topological polar surface area (TPSA) is 72.0 Å². The summed E-state index contributed by atoms with van der Waals surface area (Å²) in [4.78, 5) is 8.09. The van der Waals surface area contributed by atoms with Crippen molar-refractivity contribution in [1.82, 2.24) is 9.97 Å². The summed E-state index contributed by atoms with van der Waals surface area (Å²) >= 11 is 1.49. The molecule has 4 nitrogen and oxygen atoms in total. The maximum Gasteiger partial charge on any atom is 0.156 e. The predicted octanol–water partition coefficient (Wildman–Crippen LogP) is 1.46. The van der Waals surface area contributed by atoms with Crippen LogP contribution < -0.4 is 5.73 Å². The number of hydrogen-bond donors (Lipinski definition) is 2. The molecule has 3 N–H and O–H groups in total. The van der Waals surface area contributed by atoms with Gasteiger partial charge in [0.1, 0.15) is 5.03 Å². The van der Waals surface area contributed by atoms with Gasteiger partial charge in [-0.05, 0) is 12.8 Å². The molecule has 0 bridgehead atoms. The molecule has 1 aliphatic rings. The first-order valence-corrected chi connectivity index (χ1v) is 6.10. The van der Waals surface area contributed by atoms with Crippen molar-refractivity contribution < 1.29 is 5.11 Å². The van der Waals surface area contributed by atoms with Gasteiger partial charge in [-0.1, -0.05) is 24.6 Å². The molecule has 1 aromatic heterocycles. The van der Waals surface area contributed by atoms with Crippen molar-refractivity contribution in [2.24, 2.45) is 0 Å². The van der Waals surface area contributed by atoms with E-state index < -0.39 is 5.60 Å². The van der Waals surface area contributed by atoms with Crippen molar-refractivity contribution in [3.8, 4) is 0 Å². The van der Waals surface area contributed by atoms with Gasteiger partial charge in [-0.2, -0.15) is 0 Å². The van der Waals surface area contributed by atoms with E-state index in [1.165, 1.54) is 11.8 Å². The standard InChI is InChI=1S/C10H15N3OS/c11-8-9(13-6-5-12-8)15-7-10(14)3-1-2-4-10/h5-6,14H,1-4,7H2,(H2,11,12). The van der Waals surface area contributed by atoms with Crippen LogP contribution in [0.5, 0.6) is 0 Å². The minimum Gasteiger partial charge on any atom is -0.389 e. The van der Waals surface area contributed by atoms with E-state index in [1.807, 2.05) is 0 Å². The Kier molecular flexibility index (Phi) is 3.11. The number of nitrogen functional groups attached to an aromatic ring is 1. The minimum atomic E-state index is -0.519. The van der Waals surface area contributed by atoms with Gasteiger partial charge in [0.25, 0.3) is 0 Å². The van der Waals surface area contributed by atoms with Crippen LogP contribution in [0.15, 0.2) is 17.4 Å². The second kappa shape index (κ2) is 4.37. The molecule has 0 aromatic carbocycles. The van der Waals surface area contributed by atoms with Crippen LogP contribution in [-0.2, 0) is 0 Å². The van der Waals surface area contributed by atoms with Crippen LogP contribution in [0.25, 0.3) is 0 Å². The highest BCUT2D eigenvalue weighted by atomic mass is 32.2. The zero-order valence-electron chi connectivity index (χ0n) is 8.52. The quantitative estimate of drug-likeness (QED) is 0.762. The van der Waals surface area contributed by atoms with Crippen molar-refractivity contribution >= 4 is 17.6 Å². The normalized spacial score (nSPS) is 19.3. The third-order valence-electron chi connectivity index (χ3n) is 2.70. The van der Waals surface area contributed by atoms with Crippen molar-refractivity contribution in [2.45, 2.75) is 36.3 Å². The molecule has 0 unspecified atom stereocenters. The Morgan fingerprint density at radius 1 is 1.33 bits per heavy atom. The highest BCUT2D eigenvalue weighted by molar-refractivity contribution is 7.99. The number of rotatable bonds is 3. The molecule has 0 amide bonds. The van der Waals surface area contributed by atoms with Crippen LogP contribution in [-0.4, -0.2) is 26.4 Å². The molecule has 2 rings (SSSR count). The van der Waals surface area contributed by atoms with E-state index in [1.54, 1.807) is 12.4 Å². The summed E-state index contributed by atoms with van der Waals surface area (Å²) in [7, 11) is 0. The van der Waals surface area contributed by atoms with Gasteiger partial charge in [0.15, 0.2) is 5.82 Å². The van der Waals surface area contributed by atoms with Crippen LogP contribution in [0.3, 0.4) is 0 Å². The summed E-state index contributed by atoms with van der Waals surface area (Å²) in [6, 6.07) is 0. The largest absolute Gasteiger partial charge is 0.389 e. The lowest BCUT2D eigenvalue weighted by Gasteiger charge is -2.20. The number of thioether (sulfide) groups is 1. The molecule has 1 aliphatic carbocycles. The molecule has 0 radical (unpaired) electrons. The molecule has 1 saturated carbocycles. The van der Waals surface area contributed by atoms with E-state index in [2.05, 4.69) is 9.97 Å². The molecular formula is C10H15N3OS. The van der Waals surface area contributed by atoms with Gasteiger partial charge in [-0.3, -0.25) is 0 Å². The van der Waals surface area contributed by atoms with E-state index in [4.69, 9.17) is 5.73 Å². The molecule has 1 heterocycles. The van der Waals surface area contributed by atoms with Gasteiger partial charge in [-0.25, -0.2) is 9.97 Å². The summed E-state index contributed by atoms with van der Waals surface area (Å²) in [6.07, 6.45) is 7.21. The highest BCUT2D eigenvalue weighted by Crippen LogP contribution is 2.34. The molecule has 0 saturated heterocycles. The third-order valence-corrected chi connectivity index (χ3v) is 3.97. The Labute approximate surface area is 93.3 Å². The maximum atomic E-state index is 10.1. The number of anilines is 1. The first kappa shape index (κ1) is 10.7. The molecule has 0 atom stereocenters. The maximum absolute atomic E-state index is 10.1. The van der Waals surface area contributed by atoms with Crippen LogP contribution >= 0.6 is 11.8 Å². The average Bonchev–Trinajstić information content (AvgIpc) is 2.65. The molecule has 0 aliphatic heterocycles. The van der Waals surface area contributed by atoms with E-state index >= 15 is 0 Å². The van der Waals surface area contributed by atoms with Crippen molar-refractivity contribution in [3.05, 3.63) is 12.4 Å². The Morgan fingerprint density at radius 2 is 2.00 bits per heavy atom. The van der Waals surface area contributed by atoms with Gasteiger partial charge in [0.05, 0.1) is 5.60 Å². The SMILES string of the molecule is Nc1nccnc1SCC1(O)CCCC1. The lowest BCUT2D eigenvalue weighted by molar-refractivity contribution is 0.0732. The summed E-state index contributed by atoms with van der Waals surface area (Å²) in [6.45, 7) is 0. The number of aromatic nitrogens is 2. The van der Waals surface area contributed by atoms with Crippen molar-refractivity contribution in [3.63, 3.8) is 0 Å². The Bertz CT molecular complexity index is 339. The average molecular weight is 225 g/mol. The van der Waals surface area contributed by atoms with Gasteiger partial charge in [-0.15, -0.1) is 0 Å². The molecule has 0 spiro atoms. The Balaban J connectivity index is 1.95. The molecule has 15 heavy (non-hydrogen) atoms. The number of hydrogen-bond acceptors (Lipinski definition) is 5. The van der Waals surface area contributed by atoms with Gasteiger partial charge < -0.3 is 10.8 Å². The van der Waals surface area contributed by atoms with Crippen LogP contribution in [0.2, 0.25) is 0 Å². The van der Waals surface area contributed by atoms with Crippen molar-refractivity contribution in [1.29, 1.82) is 0 Å². The highest BCUT2D eigenvalue weighted by Gasteiger charge is 2.31. The van der Waals surface area contributed by atoms with Gasteiger partial charge >= 0.3 is 0 Å². The molecule has 1 aromatic rings. The fourth-order valence-electron chi connectivity index (χ4n) is 1.83. The zero-order chi connectivity index (χ0) is 10.7. The summed E-state index contributed by atoms with van der Waals surface area (Å²) in [5.41, 5.74) is 5.15. The molecule has 82 valence electrons. The Hall–Kier alpha value is -0.810.